The van der Waals surface area contributed by atoms with Gasteiger partial charge in [-0.3, -0.25) is 4.99 Å². The molecule has 0 aromatic rings. The number of aliphatic imine (C=N–C) groups is 1. The second kappa shape index (κ2) is 9.20. The molecule has 0 aliphatic carbocycles. The molecule has 0 heterocycles. The minimum atomic E-state index is 0.367. The Kier molecular flexibility index (Phi) is 8.36. The van der Waals surface area contributed by atoms with Crippen molar-refractivity contribution in [2.24, 2.45) is 4.99 Å². The predicted octanol–water partition coefficient (Wildman–Crippen LogP) is 4.10. The molecule has 0 fully saturated rings. The van der Waals surface area contributed by atoms with Crippen LogP contribution in [0.1, 0.15) is 27.2 Å². The molecule has 0 spiro atoms. The Morgan fingerprint density at radius 1 is 1.20 bits per heavy atom. The third kappa shape index (κ3) is 10.6. The summed E-state index contributed by atoms with van der Waals surface area (Å²) in [6.45, 7) is 9.80. The third-order valence-electron chi connectivity index (χ3n) is 1.57. The standard InChI is InChI=1S/C14H21N/c1-5-6-7-8-9-10-11-12-14(4)15-13(2)3/h5,7-13H,1,6H2,2-4H3/b8-7-,10-9+,12-11+,15-14?. The van der Waals surface area contributed by atoms with Gasteiger partial charge >= 0.3 is 0 Å². The van der Waals surface area contributed by atoms with Crippen molar-refractivity contribution < 1.29 is 0 Å². The van der Waals surface area contributed by atoms with Crippen LogP contribution in [0.15, 0.2) is 54.1 Å². The Bertz CT molecular complexity index is 278. The summed E-state index contributed by atoms with van der Waals surface area (Å²) in [6, 6.07) is 0.367. The highest BCUT2D eigenvalue weighted by atomic mass is 14.8. The molecule has 0 saturated carbocycles. The van der Waals surface area contributed by atoms with E-state index in [1.54, 1.807) is 0 Å². The van der Waals surface area contributed by atoms with Crippen molar-refractivity contribution in [1.29, 1.82) is 0 Å². The quantitative estimate of drug-likeness (QED) is 0.350. The van der Waals surface area contributed by atoms with Crippen molar-refractivity contribution in [3.05, 3.63) is 49.1 Å². The van der Waals surface area contributed by atoms with Crippen LogP contribution in [0, 0.1) is 0 Å². The lowest BCUT2D eigenvalue weighted by Crippen LogP contribution is -1.93. The Morgan fingerprint density at radius 3 is 2.47 bits per heavy atom. The molecule has 0 aromatic heterocycles. The Morgan fingerprint density at radius 2 is 1.87 bits per heavy atom. The van der Waals surface area contributed by atoms with Crippen LogP contribution in [0.3, 0.4) is 0 Å². The first-order valence-corrected chi connectivity index (χ1v) is 5.32. The van der Waals surface area contributed by atoms with Crippen LogP contribution in [-0.4, -0.2) is 11.8 Å². The summed E-state index contributed by atoms with van der Waals surface area (Å²) in [6.07, 6.45) is 14.9. The van der Waals surface area contributed by atoms with Crippen LogP contribution < -0.4 is 0 Å². The smallest absolute Gasteiger partial charge is 0.0446 e. The first kappa shape index (κ1) is 13.6. The van der Waals surface area contributed by atoms with Crippen molar-refractivity contribution in [2.45, 2.75) is 33.2 Å². The number of allylic oxidation sites excluding steroid dienone is 7. The van der Waals surface area contributed by atoms with Gasteiger partial charge in [0.15, 0.2) is 0 Å². The molecular weight excluding hydrogens is 182 g/mol. The third-order valence-corrected chi connectivity index (χ3v) is 1.57. The van der Waals surface area contributed by atoms with E-state index in [0.29, 0.717) is 6.04 Å². The summed E-state index contributed by atoms with van der Waals surface area (Å²) >= 11 is 0. The van der Waals surface area contributed by atoms with Crippen molar-refractivity contribution in [2.75, 3.05) is 0 Å². The summed E-state index contributed by atoms with van der Waals surface area (Å²) in [4.78, 5) is 4.39. The Hall–Kier alpha value is -1.37. The average Bonchev–Trinajstić information content (AvgIpc) is 2.15. The lowest BCUT2D eigenvalue weighted by molar-refractivity contribution is 0.836. The lowest BCUT2D eigenvalue weighted by atomic mass is 10.3. The molecule has 0 bridgehead atoms. The van der Waals surface area contributed by atoms with E-state index in [4.69, 9.17) is 0 Å². The number of rotatable bonds is 6. The highest BCUT2D eigenvalue weighted by Gasteiger charge is 1.86. The van der Waals surface area contributed by atoms with Gasteiger partial charge in [-0.05, 0) is 33.3 Å². The van der Waals surface area contributed by atoms with E-state index in [1.165, 1.54) is 0 Å². The van der Waals surface area contributed by atoms with Gasteiger partial charge in [0.25, 0.3) is 0 Å². The molecular formula is C14H21N. The van der Waals surface area contributed by atoms with E-state index in [-0.39, 0.29) is 0 Å². The predicted molar refractivity (Wildman–Crippen MR) is 70.5 cm³/mol. The molecule has 0 radical (unpaired) electrons. The molecule has 0 saturated heterocycles. The van der Waals surface area contributed by atoms with E-state index in [0.717, 1.165) is 12.1 Å². The van der Waals surface area contributed by atoms with E-state index in [2.05, 4.69) is 31.5 Å². The molecule has 0 unspecified atom stereocenters. The van der Waals surface area contributed by atoms with Gasteiger partial charge in [0, 0.05) is 11.8 Å². The first-order chi connectivity index (χ1) is 7.16. The second-order valence-corrected chi connectivity index (χ2v) is 3.56. The molecule has 82 valence electrons. The minimum absolute atomic E-state index is 0.367. The number of hydrogen-bond donors (Lipinski definition) is 0. The zero-order valence-corrected chi connectivity index (χ0v) is 9.98. The molecule has 0 amide bonds. The molecule has 0 aromatic carbocycles. The van der Waals surface area contributed by atoms with Gasteiger partial charge < -0.3 is 0 Å². The average molecular weight is 203 g/mol. The van der Waals surface area contributed by atoms with Crippen LogP contribution in [-0.2, 0) is 0 Å². The van der Waals surface area contributed by atoms with Crippen molar-refractivity contribution in [3.63, 3.8) is 0 Å². The molecule has 1 heteroatoms. The van der Waals surface area contributed by atoms with Gasteiger partial charge in [0.2, 0.25) is 0 Å². The summed E-state index contributed by atoms with van der Waals surface area (Å²) in [5.74, 6) is 0. The van der Waals surface area contributed by atoms with Crippen molar-refractivity contribution in [1.82, 2.24) is 0 Å². The maximum absolute atomic E-state index is 4.39. The van der Waals surface area contributed by atoms with Crippen LogP contribution in [0.4, 0.5) is 0 Å². The highest BCUT2D eigenvalue weighted by molar-refractivity contribution is 5.93. The fourth-order valence-electron chi connectivity index (χ4n) is 1.03. The second-order valence-electron chi connectivity index (χ2n) is 3.56. The van der Waals surface area contributed by atoms with Crippen LogP contribution in [0.25, 0.3) is 0 Å². The molecule has 15 heavy (non-hydrogen) atoms. The fraction of sp³-hybridized carbons (Fsp3) is 0.357. The van der Waals surface area contributed by atoms with E-state index >= 15 is 0 Å². The van der Waals surface area contributed by atoms with Gasteiger partial charge in [0.1, 0.15) is 0 Å². The zero-order chi connectivity index (χ0) is 11.5. The van der Waals surface area contributed by atoms with Crippen molar-refractivity contribution in [3.8, 4) is 0 Å². The summed E-state index contributed by atoms with van der Waals surface area (Å²) < 4.78 is 0. The largest absolute Gasteiger partial charge is 0.287 e. The Labute approximate surface area is 93.6 Å². The topological polar surface area (TPSA) is 12.4 Å². The summed E-state index contributed by atoms with van der Waals surface area (Å²) in [5.41, 5.74) is 1.06. The Balaban J connectivity index is 3.93. The number of hydrogen-bond acceptors (Lipinski definition) is 1. The zero-order valence-electron chi connectivity index (χ0n) is 9.98. The van der Waals surface area contributed by atoms with Crippen molar-refractivity contribution >= 4 is 5.71 Å². The SMILES string of the molecule is C=CC\C=C/C=C/C=C/C(C)=NC(C)C. The van der Waals surface area contributed by atoms with Gasteiger partial charge in [-0.25, -0.2) is 0 Å². The van der Waals surface area contributed by atoms with Gasteiger partial charge in [-0.2, -0.15) is 0 Å². The van der Waals surface area contributed by atoms with Gasteiger partial charge in [-0.1, -0.05) is 36.5 Å². The summed E-state index contributed by atoms with van der Waals surface area (Å²) in [7, 11) is 0. The lowest BCUT2D eigenvalue weighted by Gasteiger charge is -1.95. The first-order valence-electron chi connectivity index (χ1n) is 5.32. The maximum Gasteiger partial charge on any atom is 0.0446 e. The van der Waals surface area contributed by atoms with E-state index in [1.807, 2.05) is 43.4 Å². The molecule has 0 atom stereocenters. The summed E-state index contributed by atoms with van der Waals surface area (Å²) in [5, 5.41) is 0. The fourth-order valence-corrected chi connectivity index (χ4v) is 1.03. The van der Waals surface area contributed by atoms with Crippen LogP contribution >= 0.6 is 0 Å². The monoisotopic (exact) mass is 203 g/mol. The normalized spacial score (nSPS) is 13.7. The molecule has 0 rings (SSSR count). The van der Waals surface area contributed by atoms with Crippen LogP contribution in [0.5, 0.6) is 0 Å². The maximum atomic E-state index is 4.39. The minimum Gasteiger partial charge on any atom is -0.287 e. The molecule has 0 aliphatic heterocycles. The number of nitrogens with zero attached hydrogens (tertiary/aromatic N) is 1. The highest BCUT2D eigenvalue weighted by Crippen LogP contribution is 1.91. The van der Waals surface area contributed by atoms with Crippen LogP contribution in [0.2, 0.25) is 0 Å². The molecule has 0 N–H and O–H groups in total. The van der Waals surface area contributed by atoms with E-state index in [9.17, 15) is 0 Å². The molecule has 1 nitrogen and oxygen atoms in total. The van der Waals surface area contributed by atoms with Gasteiger partial charge in [-0.15, -0.1) is 6.58 Å². The molecule has 0 aliphatic rings. The van der Waals surface area contributed by atoms with E-state index < -0.39 is 0 Å². The van der Waals surface area contributed by atoms with Gasteiger partial charge in [0.05, 0.1) is 0 Å².